The summed E-state index contributed by atoms with van der Waals surface area (Å²) >= 11 is 0. The molecule has 92 valence electrons. The average Bonchev–Trinajstić information content (AvgIpc) is 2.73. The molecule has 0 bridgehead atoms. The van der Waals surface area contributed by atoms with Gasteiger partial charge in [-0.2, -0.15) is 0 Å². The van der Waals surface area contributed by atoms with Gasteiger partial charge in [-0.15, -0.1) is 0 Å². The molecule has 0 aromatic rings. The Morgan fingerprint density at radius 3 is 3.00 bits per heavy atom. The van der Waals surface area contributed by atoms with E-state index in [0.29, 0.717) is 0 Å². The van der Waals surface area contributed by atoms with E-state index in [1.165, 1.54) is 0 Å². The molecule has 0 amide bonds. The van der Waals surface area contributed by atoms with Crippen LogP contribution >= 0.6 is 0 Å². The van der Waals surface area contributed by atoms with Crippen molar-refractivity contribution < 1.29 is 19.7 Å². The number of nitrogens with zero attached hydrogens (tertiary/aromatic N) is 1. The lowest BCUT2D eigenvalue weighted by Crippen LogP contribution is -2.41. The summed E-state index contributed by atoms with van der Waals surface area (Å²) in [6.45, 7) is 2.32. The molecule has 2 aliphatic rings. The largest absolute Gasteiger partial charge is 0.481 e. The highest BCUT2D eigenvalue weighted by atomic mass is 16.5. The molecule has 0 saturated carbocycles. The van der Waals surface area contributed by atoms with E-state index in [1.807, 2.05) is 0 Å². The molecular formula is C11H19NO4. The standard InChI is InChI=1S/C11H19NO4/c13-8-11-3-1-4-12(11)7-9(6-11)16-5-2-10(14)15/h9,13H,1-8H2,(H,14,15)/t9-,11-/m1/s1. The molecule has 0 spiro atoms. The maximum absolute atomic E-state index is 10.4. The number of aliphatic hydroxyl groups excluding tert-OH is 1. The van der Waals surface area contributed by atoms with E-state index >= 15 is 0 Å². The third-order valence-corrected chi connectivity index (χ3v) is 3.74. The summed E-state index contributed by atoms with van der Waals surface area (Å²) in [5, 5.41) is 18.0. The molecule has 0 aliphatic carbocycles. The highest BCUT2D eigenvalue weighted by molar-refractivity contribution is 5.66. The highest BCUT2D eigenvalue weighted by Gasteiger charge is 2.48. The third kappa shape index (κ3) is 2.21. The minimum absolute atomic E-state index is 0.0582. The number of hydrogen-bond donors (Lipinski definition) is 2. The summed E-state index contributed by atoms with van der Waals surface area (Å²) in [5.41, 5.74) is -0.0755. The third-order valence-electron chi connectivity index (χ3n) is 3.74. The molecular weight excluding hydrogens is 210 g/mol. The number of carboxylic acid groups (broad SMARTS) is 1. The van der Waals surface area contributed by atoms with Gasteiger partial charge in [0, 0.05) is 12.1 Å². The monoisotopic (exact) mass is 229 g/mol. The average molecular weight is 229 g/mol. The van der Waals surface area contributed by atoms with Crippen LogP contribution < -0.4 is 0 Å². The molecule has 2 aliphatic heterocycles. The molecule has 2 atom stereocenters. The van der Waals surface area contributed by atoms with Crippen LogP contribution in [0.3, 0.4) is 0 Å². The van der Waals surface area contributed by atoms with Crippen molar-refractivity contribution in [3.63, 3.8) is 0 Å². The Hall–Kier alpha value is -0.650. The Labute approximate surface area is 95.0 Å². The van der Waals surface area contributed by atoms with Crippen molar-refractivity contribution in [2.45, 2.75) is 37.3 Å². The molecule has 2 heterocycles. The van der Waals surface area contributed by atoms with E-state index < -0.39 is 5.97 Å². The van der Waals surface area contributed by atoms with Crippen LogP contribution in [0.15, 0.2) is 0 Å². The van der Waals surface area contributed by atoms with Crippen molar-refractivity contribution in [1.29, 1.82) is 0 Å². The van der Waals surface area contributed by atoms with Crippen LogP contribution in [-0.4, -0.2) is 59.0 Å². The minimum atomic E-state index is -0.824. The number of rotatable bonds is 5. The van der Waals surface area contributed by atoms with Gasteiger partial charge in [-0.1, -0.05) is 0 Å². The molecule has 2 saturated heterocycles. The predicted octanol–water partition coefficient (Wildman–Crippen LogP) is 0.0769. The van der Waals surface area contributed by atoms with Crippen molar-refractivity contribution in [1.82, 2.24) is 4.90 Å². The van der Waals surface area contributed by atoms with E-state index in [-0.39, 0.29) is 31.3 Å². The van der Waals surface area contributed by atoms with E-state index in [1.54, 1.807) is 0 Å². The first kappa shape index (κ1) is 11.8. The number of fused-ring (bicyclic) bond motifs is 1. The van der Waals surface area contributed by atoms with Gasteiger partial charge in [0.05, 0.1) is 25.7 Å². The van der Waals surface area contributed by atoms with Crippen LogP contribution in [0.4, 0.5) is 0 Å². The topological polar surface area (TPSA) is 70.0 Å². The number of aliphatic carboxylic acids is 1. The van der Waals surface area contributed by atoms with Crippen LogP contribution in [0.5, 0.6) is 0 Å². The summed E-state index contributed by atoms with van der Waals surface area (Å²) in [5.74, 6) is -0.824. The smallest absolute Gasteiger partial charge is 0.305 e. The van der Waals surface area contributed by atoms with Crippen molar-refractivity contribution in [2.75, 3.05) is 26.3 Å². The van der Waals surface area contributed by atoms with Crippen molar-refractivity contribution in [3.8, 4) is 0 Å². The van der Waals surface area contributed by atoms with Gasteiger partial charge in [-0.3, -0.25) is 9.69 Å². The summed E-state index contributed by atoms with van der Waals surface area (Å²) in [4.78, 5) is 12.6. The predicted molar refractivity (Wildman–Crippen MR) is 57.2 cm³/mol. The quantitative estimate of drug-likeness (QED) is 0.698. The Kier molecular flexibility index (Phi) is 3.47. The molecule has 16 heavy (non-hydrogen) atoms. The molecule has 5 nitrogen and oxygen atoms in total. The normalized spacial score (nSPS) is 34.2. The molecule has 2 fully saturated rings. The van der Waals surface area contributed by atoms with Crippen LogP contribution in [0.2, 0.25) is 0 Å². The summed E-state index contributed by atoms with van der Waals surface area (Å²) in [6.07, 6.45) is 3.16. The van der Waals surface area contributed by atoms with Crippen molar-refractivity contribution in [3.05, 3.63) is 0 Å². The SMILES string of the molecule is O=C(O)CCO[C@H]1CN2CCC[C@]2(CO)C1. The maximum Gasteiger partial charge on any atom is 0.305 e. The number of carbonyl (C=O) groups is 1. The fourth-order valence-corrected chi connectivity index (χ4v) is 2.91. The van der Waals surface area contributed by atoms with Gasteiger partial charge in [0.25, 0.3) is 0 Å². The van der Waals surface area contributed by atoms with Gasteiger partial charge in [0.15, 0.2) is 0 Å². The van der Waals surface area contributed by atoms with Gasteiger partial charge in [-0.25, -0.2) is 0 Å². The van der Waals surface area contributed by atoms with Crippen LogP contribution in [0, 0.1) is 0 Å². The first-order valence-electron chi connectivity index (χ1n) is 5.86. The van der Waals surface area contributed by atoms with Gasteiger partial charge in [0.1, 0.15) is 0 Å². The van der Waals surface area contributed by atoms with Crippen molar-refractivity contribution >= 4 is 5.97 Å². The lowest BCUT2D eigenvalue weighted by molar-refractivity contribution is -0.138. The second-order valence-electron chi connectivity index (χ2n) is 4.77. The second kappa shape index (κ2) is 4.69. The summed E-state index contributed by atoms with van der Waals surface area (Å²) in [6, 6.07) is 0. The number of hydrogen-bond acceptors (Lipinski definition) is 4. The zero-order valence-electron chi connectivity index (χ0n) is 9.39. The fraction of sp³-hybridized carbons (Fsp3) is 0.909. The molecule has 0 unspecified atom stereocenters. The highest BCUT2D eigenvalue weighted by Crippen LogP contribution is 2.39. The Morgan fingerprint density at radius 2 is 2.38 bits per heavy atom. The Bertz CT molecular complexity index is 271. The lowest BCUT2D eigenvalue weighted by atomic mass is 9.94. The molecule has 0 radical (unpaired) electrons. The molecule has 0 aromatic heterocycles. The number of ether oxygens (including phenoxy) is 1. The van der Waals surface area contributed by atoms with Crippen LogP contribution in [0.1, 0.15) is 25.7 Å². The first-order chi connectivity index (χ1) is 7.66. The van der Waals surface area contributed by atoms with Gasteiger partial charge in [0.2, 0.25) is 0 Å². The van der Waals surface area contributed by atoms with E-state index in [4.69, 9.17) is 9.84 Å². The number of aliphatic hydroxyl groups is 1. The van der Waals surface area contributed by atoms with Gasteiger partial charge >= 0.3 is 5.97 Å². The molecule has 2 rings (SSSR count). The van der Waals surface area contributed by atoms with E-state index in [0.717, 1.165) is 32.4 Å². The summed E-state index contributed by atoms with van der Waals surface area (Å²) in [7, 11) is 0. The minimum Gasteiger partial charge on any atom is -0.481 e. The zero-order valence-corrected chi connectivity index (χ0v) is 9.39. The van der Waals surface area contributed by atoms with Gasteiger partial charge < -0.3 is 14.9 Å². The second-order valence-corrected chi connectivity index (χ2v) is 4.77. The van der Waals surface area contributed by atoms with Crippen LogP contribution in [-0.2, 0) is 9.53 Å². The van der Waals surface area contributed by atoms with Crippen LogP contribution in [0.25, 0.3) is 0 Å². The van der Waals surface area contributed by atoms with E-state index in [9.17, 15) is 9.90 Å². The Morgan fingerprint density at radius 1 is 1.56 bits per heavy atom. The molecule has 2 N–H and O–H groups in total. The van der Waals surface area contributed by atoms with E-state index in [2.05, 4.69) is 4.90 Å². The fourth-order valence-electron chi connectivity index (χ4n) is 2.91. The molecule has 0 aromatic carbocycles. The maximum atomic E-state index is 10.4. The Balaban J connectivity index is 1.81. The molecule has 5 heteroatoms. The van der Waals surface area contributed by atoms with Gasteiger partial charge in [-0.05, 0) is 25.8 Å². The van der Waals surface area contributed by atoms with Crippen molar-refractivity contribution in [2.24, 2.45) is 0 Å². The lowest BCUT2D eigenvalue weighted by Gasteiger charge is -2.28. The summed E-state index contributed by atoms with van der Waals surface area (Å²) < 4.78 is 5.54. The zero-order chi connectivity index (χ0) is 11.6. The first-order valence-corrected chi connectivity index (χ1v) is 5.86. The number of carboxylic acids is 1.